The first kappa shape index (κ1) is 20.6. The molecule has 0 saturated carbocycles. The normalized spacial score (nSPS) is 17.6. The molecule has 1 aliphatic heterocycles. The molecule has 156 valence electrons. The number of likely N-dealkylation sites (tertiary alicyclic amines) is 1. The molecule has 2 heterocycles. The topological polar surface area (TPSA) is 73.3 Å². The number of fused-ring (bicyclic) bond motifs is 1. The lowest BCUT2D eigenvalue weighted by Gasteiger charge is -2.32. The standard InChI is InChI=1S/C25H29N3O2/c1-2-22(29)21(17-26)25-27-24-20(9-6-10-23(24)30-25)19-12-15-28(16-13-19)14-11-18-7-4-3-5-8-18/h3-10,19,21-22,29H,2,11-16H2,1H3. The number of nitrogens with zero attached hydrogens (tertiary/aromatic N) is 3. The number of aliphatic hydroxyl groups excluding tert-OH is 1. The Kier molecular flexibility index (Phi) is 6.47. The molecule has 0 amide bonds. The lowest BCUT2D eigenvalue weighted by molar-refractivity contribution is 0.147. The van der Waals surface area contributed by atoms with Crippen molar-refractivity contribution in [3.8, 4) is 6.07 Å². The van der Waals surface area contributed by atoms with Crippen molar-refractivity contribution in [2.24, 2.45) is 0 Å². The van der Waals surface area contributed by atoms with Crippen LogP contribution in [0.4, 0.5) is 0 Å². The van der Waals surface area contributed by atoms with E-state index in [2.05, 4.69) is 52.4 Å². The molecule has 2 aromatic carbocycles. The quantitative estimate of drug-likeness (QED) is 0.623. The Bertz CT molecular complexity index is 1000. The lowest BCUT2D eigenvalue weighted by atomic mass is 9.88. The van der Waals surface area contributed by atoms with E-state index in [1.54, 1.807) is 0 Å². The Balaban J connectivity index is 1.44. The molecule has 5 heteroatoms. The van der Waals surface area contributed by atoms with Crippen LogP contribution in [0.3, 0.4) is 0 Å². The average Bonchev–Trinajstić information content (AvgIpc) is 3.23. The SMILES string of the molecule is CCC(O)C(C#N)c1nc2c(C3CCN(CCc4ccccc4)CC3)cccc2o1. The Morgan fingerprint density at radius 2 is 1.93 bits per heavy atom. The first-order valence-electron chi connectivity index (χ1n) is 10.9. The zero-order chi connectivity index (χ0) is 20.9. The van der Waals surface area contributed by atoms with Crippen LogP contribution < -0.4 is 0 Å². The van der Waals surface area contributed by atoms with E-state index < -0.39 is 12.0 Å². The second kappa shape index (κ2) is 9.42. The summed E-state index contributed by atoms with van der Waals surface area (Å²) in [6.45, 7) is 5.10. The lowest BCUT2D eigenvalue weighted by Crippen LogP contribution is -2.34. The number of hydrogen-bond donors (Lipinski definition) is 1. The van der Waals surface area contributed by atoms with Crippen LogP contribution in [0.1, 0.15) is 55.0 Å². The fraction of sp³-hybridized carbons (Fsp3) is 0.440. The molecule has 1 N–H and O–H groups in total. The third-order valence-electron chi connectivity index (χ3n) is 6.26. The van der Waals surface area contributed by atoms with Crippen molar-refractivity contribution < 1.29 is 9.52 Å². The molecule has 0 radical (unpaired) electrons. The zero-order valence-corrected chi connectivity index (χ0v) is 17.5. The van der Waals surface area contributed by atoms with Crippen LogP contribution in [-0.4, -0.2) is 40.7 Å². The van der Waals surface area contributed by atoms with Gasteiger partial charge >= 0.3 is 0 Å². The summed E-state index contributed by atoms with van der Waals surface area (Å²) in [5, 5.41) is 19.6. The van der Waals surface area contributed by atoms with Crippen LogP contribution in [-0.2, 0) is 6.42 Å². The van der Waals surface area contributed by atoms with Gasteiger partial charge in [-0.2, -0.15) is 5.26 Å². The summed E-state index contributed by atoms with van der Waals surface area (Å²) in [4.78, 5) is 7.20. The molecule has 30 heavy (non-hydrogen) atoms. The van der Waals surface area contributed by atoms with Crippen molar-refractivity contribution in [3.63, 3.8) is 0 Å². The van der Waals surface area contributed by atoms with Gasteiger partial charge in [0, 0.05) is 6.54 Å². The summed E-state index contributed by atoms with van der Waals surface area (Å²) in [6.07, 6.45) is 3.00. The first-order chi connectivity index (χ1) is 14.7. The maximum atomic E-state index is 10.1. The maximum Gasteiger partial charge on any atom is 0.215 e. The first-order valence-corrected chi connectivity index (χ1v) is 10.9. The molecule has 1 aliphatic rings. The fourth-order valence-electron chi connectivity index (χ4n) is 4.39. The van der Waals surface area contributed by atoms with Gasteiger partial charge in [-0.15, -0.1) is 0 Å². The van der Waals surface area contributed by atoms with E-state index in [0.29, 0.717) is 23.8 Å². The minimum atomic E-state index is -0.764. The minimum absolute atomic E-state index is 0.328. The number of benzene rings is 2. The number of aromatic nitrogens is 1. The van der Waals surface area contributed by atoms with Gasteiger partial charge < -0.3 is 14.4 Å². The Hall–Kier alpha value is -2.68. The van der Waals surface area contributed by atoms with Gasteiger partial charge in [0.1, 0.15) is 11.4 Å². The van der Waals surface area contributed by atoms with Gasteiger partial charge in [-0.1, -0.05) is 49.4 Å². The number of aliphatic hydroxyl groups is 1. The average molecular weight is 404 g/mol. The Morgan fingerprint density at radius 3 is 2.63 bits per heavy atom. The van der Waals surface area contributed by atoms with Crippen molar-refractivity contribution in [1.29, 1.82) is 5.26 Å². The monoisotopic (exact) mass is 403 g/mol. The molecule has 1 fully saturated rings. The summed E-state index contributed by atoms with van der Waals surface area (Å²) in [7, 11) is 0. The summed E-state index contributed by atoms with van der Waals surface area (Å²) in [6, 6.07) is 18.8. The van der Waals surface area contributed by atoms with Crippen LogP contribution in [0.25, 0.3) is 11.1 Å². The molecular formula is C25H29N3O2. The number of oxazole rings is 1. The number of nitriles is 1. The Labute approximate surface area is 178 Å². The third-order valence-corrected chi connectivity index (χ3v) is 6.26. The van der Waals surface area contributed by atoms with Crippen molar-refractivity contribution in [2.75, 3.05) is 19.6 Å². The molecule has 5 nitrogen and oxygen atoms in total. The van der Waals surface area contributed by atoms with Crippen molar-refractivity contribution in [1.82, 2.24) is 9.88 Å². The smallest absolute Gasteiger partial charge is 0.215 e. The predicted octanol–water partition coefficient (Wildman–Crippen LogP) is 4.63. The number of para-hydroxylation sites is 1. The van der Waals surface area contributed by atoms with Gasteiger partial charge in [-0.3, -0.25) is 0 Å². The molecule has 2 unspecified atom stereocenters. The predicted molar refractivity (Wildman–Crippen MR) is 117 cm³/mol. The van der Waals surface area contributed by atoms with E-state index in [1.165, 1.54) is 11.1 Å². The number of hydrogen-bond acceptors (Lipinski definition) is 5. The second-order valence-electron chi connectivity index (χ2n) is 8.18. The van der Waals surface area contributed by atoms with Gasteiger partial charge in [-0.25, -0.2) is 4.98 Å². The molecular weight excluding hydrogens is 374 g/mol. The second-order valence-corrected chi connectivity index (χ2v) is 8.18. The van der Waals surface area contributed by atoms with Gasteiger partial charge in [0.05, 0.1) is 12.2 Å². The summed E-state index contributed by atoms with van der Waals surface area (Å²) < 4.78 is 5.88. The highest BCUT2D eigenvalue weighted by Gasteiger charge is 2.28. The zero-order valence-electron chi connectivity index (χ0n) is 17.5. The third kappa shape index (κ3) is 4.40. The van der Waals surface area contributed by atoms with Crippen LogP contribution >= 0.6 is 0 Å². The summed E-state index contributed by atoms with van der Waals surface area (Å²) >= 11 is 0. The maximum absolute atomic E-state index is 10.1. The highest BCUT2D eigenvalue weighted by atomic mass is 16.4. The van der Waals surface area contributed by atoms with E-state index in [4.69, 9.17) is 4.42 Å². The summed E-state index contributed by atoms with van der Waals surface area (Å²) in [5.74, 6) is 0.0425. The van der Waals surface area contributed by atoms with Gasteiger partial charge in [-0.05, 0) is 61.9 Å². The van der Waals surface area contributed by atoms with Crippen LogP contribution in [0, 0.1) is 11.3 Å². The molecule has 0 bridgehead atoms. The molecule has 1 aromatic heterocycles. The Morgan fingerprint density at radius 1 is 1.17 bits per heavy atom. The molecule has 0 spiro atoms. The van der Waals surface area contributed by atoms with Crippen LogP contribution in [0.5, 0.6) is 0 Å². The van der Waals surface area contributed by atoms with Crippen LogP contribution in [0.15, 0.2) is 52.9 Å². The molecule has 2 atom stereocenters. The molecule has 0 aliphatic carbocycles. The van der Waals surface area contributed by atoms with Gasteiger partial charge in [0.25, 0.3) is 0 Å². The molecule has 4 rings (SSSR count). The highest BCUT2D eigenvalue weighted by molar-refractivity contribution is 5.77. The van der Waals surface area contributed by atoms with E-state index in [-0.39, 0.29) is 0 Å². The minimum Gasteiger partial charge on any atom is -0.439 e. The van der Waals surface area contributed by atoms with E-state index >= 15 is 0 Å². The number of rotatable bonds is 7. The van der Waals surface area contributed by atoms with Crippen molar-refractivity contribution in [3.05, 3.63) is 65.5 Å². The van der Waals surface area contributed by atoms with E-state index in [9.17, 15) is 10.4 Å². The van der Waals surface area contributed by atoms with E-state index in [1.807, 2.05) is 19.1 Å². The van der Waals surface area contributed by atoms with Crippen molar-refractivity contribution >= 4 is 11.1 Å². The van der Waals surface area contributed by atoms with Crippen molar-refractivity contribution in [2.45, 2.75) is 50.5 Å². The largest absolute Gasteiger partial charge is 0.439 e. The van der Waals surface area contributed by atoms with Gasteiger partial charge in [0.15, 0.2) is 5.58 Å². The number of piperidine rings is 1. The molecule has 3 aromatic rings. The fourth-order valence-corrected chi connectivity index (χ4v) is 4.39. The highest BCUT2D eigenvalue weighted by Crippen LogP contribution is 2.34. The van der Waals surface area contributed by atoms with Crippen LogP contribution in [0.2, 0.25) is 0 Å². The summed E-state index contributed by atoms with van der Waals surface area (Å²) in [5.41, 5.74) is 4.14. The van der Waals surface area contributed by atoms with Gasteiger partial charge in [0.2, 0.25) is 5.89 Å². The van der Waals surface area contributed by atoms with E-state index in [0.717, 1.165) is 44.4 Å². The molecule has 1 saturated heterocycles.